The van der Waals surface area contributed by atoms with E-state index < -0.39 is 5.56 Å². The molecule has 1 aromatic heterocycles. The van der Waals surface area contributed by atoms with E-state index >= 15 is 0 Å². The molecule has 0 amide bonds. The van der Waals surface area contributed by atoms with Crippen LogP contribution in [0.25, 0.3) is 0 Å². The van der Waals surface area contributed by atoms with Gasteiger partial charge >= 0.3 is 0 Å². The number of nitrogens with two attached hydrogens (primary N) is 1. The average molecular weight is 222 g/mol. The first-order chi connectivity index (χ1) is 6.07. The lowest BCUT2D eigenvalue weighted by Gasteiger charge is -2.08. The Labute approximate surface area is 85.0 Å². The minimum Gasteiger partial charge on any atom is -0.330 e. The Balaban J connectivity index is 3.26. The highest BCUT2D eigenvalue weighted by atomic mass is 35.5. The van der Waals surface area contributed by atoms with Crippen LogP contribution in [0.3, 0.4) is 0 Å². The first-order valence-corrected chi connectivity index (χ1v) is 4.47. The quantitative estimate of drug-likeness (QED) is 0.787. The van der Waals surface area contributed by atoms with Crippen LogP contribution in [0.1, 0.15) is 18.5 Å². The summed E-state index contributed by atoms with van der Waals surface area (Å²) in [4.78, 5) is 10.9. The minimum absolute atomic E-state index is 0.0261. The second kappa shape index (κ2) is 4.09. The fourth-order valence-corrected chi connectivity index (χ4v) is 1.31. The molecule has 4 nitrogen and oxygen atoms in total. The van der Waals surface area contributed by atoms with Crippen molar-refractivity contribution in [3.63, 3.8) is 0 Å². The van der Waals surface area contributed by atoms with Gasteiger partial charge in [-0.05, 0) is 0 Å². The van der Waals surface area contributed by atoms with Crippen LogP contribution < -0.4 is 11.3 Å². The van der Waals surface area contributed by atoms with Crippen LogP contribution in [0, 0.1) is 0 Å². The summed E-state index contributed by atoms with van der Waals surface area (Å²) < 4.78 is 0. The Morgan fingerprint density at radius 1 is 1.54 bits per heavy atom. The maximum Gasteiger partial charge on any atom is 0.284 e. The molecule has 1 unspecified atom stereocenters. The molecule has 0 fully saturated rings. The van der Waals surface area contributed by atoms with E-state index in [-0.39, 0.29) is 16.0 Å². The van der Waals surface area contributed by atoms with Gasteiger partial charge in [-0.3, -0.25) is 4.79 Å². The fraction of sp³-hybridized carbons (Fsp3) is 0.429. The van der Waals surface area contributed by atoms with Crippen molar-refractivity contribution in [3.8, 4) is 0 Å². The van der Waals surface area contributed by atoms with Crippen LogP contribution in [0.5, 0.6) is 0 Å². The molecule has 13 heavy (non-hydrogen) atoms. The van der Waals surface area contributed by atoms with Gasteiger partial charge in [0, 0.05) is 12.5 Å². The first kappa shape index (κ1) is 10.5. The summed E-state index contributed by atoms with van der Waals surface area (Å²) in [5.74, 6) is -0.0261. The fourth-order valence-electron chi connectivity index (χ4n) is 0.859. The van der Waals surface area contributed by atoms with Gasteiger partial charge in [-0.2, -0.15) is 5.10 Å². The second-order valence-corrected chi connectivity index (χ2v) is 3.46. The molecule has 72 valence electrons. The highest BCUT2D eigenvalue weighted by Crippen LogP contribution is 2.25. The van der Waals surface area contributed by atoms with Crippen LogP contribution in [0.2, 0.25) is 10.0 Å². The Kier molecular flexibility index (Phi) is 3.30. The van der Waals surface area contributed by atoms with Crippen molar-refractivity contribution in [2.75, 3.05) is 6.54 Å². The van der Waals surface area contributed by atoms with Crippen LogP contribution in [-0.4, -0.2) is 16.7 Å². The lowest BCUT2D eigenvalue weighted by atomic mass is 10.1. The van der Waals surface area contributed by atoms with Crippen molar-refractivity contribution in [1.29, 1.82) is 0 Å². The van der Waals surface area contributed by atoms with Crippen molar-refractivity contribution in [3.05, 3.63) is 26.1 Å². The van der Waals surface area contributed by atoms with E-state index in [1.807, 2.05) is 6.92 Å². The van der Waals surface area contributed by atoms with Gasteiger partial charge in [-0.25, -0.2) is 5.10 Å². The molecule has 0 saturated carbocycles. The third kappa shape index (κ3) is 2.02. The number of aromatic nitrogens is 2. The van der Waals surface area contributed by atoms with Gasteiger partial charge in [0.15, 0.2) is 0 Å². The molecule has 0 bridgehead atoms. The number of halogens is 2. The molecule has 0 saturated heterocycles. The van der Waals surface area contributed by atoms with Crippen LogP contribution in [-0.2, 0) is 0 Å². The maximum absolute atomic E-state index is 10.9. The molecule has 0 aliphatic heterocycles. The molecule has 1 rings (SSSR count). The standard InChI is InChI=1S/C7H9Cl2N3O/c1-3(2-10)6-4(8)5(9)7(13)12-11-6/h3H,2,10H2,1H3,(H,12,13). The SMILES string of the molecule is CC(CN)c1n[nH]c(=O)c(Cl)c1Cl. The number of hydrogen-bond donors (Lipinski definition) is 2. The summed E-state index contributed by atoms with van der Waals surface area (Å²) in [5, 5.41) is 6.17. The van der Waals surface area contributed by atoms with Gasteiger partial charge in [0.25, 0.3) is 5.56 Å². The van der Waals surface area contributed by atoms with E-state index in [9.17, 15) is 4.79 Å². The average Bonchev–Trinajstić information content (AvgIpc) is 2.13. The number of nitrogens with zero attached hydrogens (tertiary/aromatic N) is 1. The van der Waals surface area contributed by atoms with E-state index in [0.717, 1.165) is 0 Å². The number of H-pyrrole nitrogens is 1. The molecule has 1 atom stereocenters. The third-order valence-corrected chi connectivity index (χ3v) is 2.56. The molecule has 6 heteroatoms. The van der Waals surface area contributed by atoms with Crippen molar-refractivity contribution in [1.82, 2.24) is 10.2 Å². The summed E-state index contributed by atoms with van der Waals surface area (Å²) in [6.45, 7) is 2.25. The van der Waals surface area contributed by atoms with E-state index in [0.29, 0.717) is 12.2 Å². The molecule has 3 N–H and O–H groups in total. The number of rotatable bonds is 2. The largest absolute Gasteiger partial charge is 0.330 e. The normalized spacial score (nSPS) is 12.9. The molecule has 0 aliphatic carbocycles. The Bertz CT molecular complexity index is 363. The van der Waals surface area contributed by atoms with Gasteiger partial charge < -0.3 is 5.73 Å². The van der Waals surface area contributed by atoms with Crippen LogP contribution in [0.4, 0.5) is 0 Å². The van der Waals surface area contributed by atoms with Crippen molar-refractivity contribution < 1.29 is 0 Å². The number of nitrogens with one attached hydrogen (secondary N) is 1. The van der Waals surface area contributed by atoms with E-state index in [4.69, 9.17) is 28.9 Å². The van der Waals surface area contributed by atoms with E-state index in [2.05, 4.69) is 10.2 Å². The highest BCUT2D eigenvalue weighted by Gasteiger charge is 2.14. The zero-order valence-electron chi connectivity index (χ0n) is 6.97. The maximum atomic E-state index is 10.9. The predicted octanol–water partition coefficient (Wildman–Crippen LogP) is 1.14. The summed E-state index contributed by atoms with van der Waals surface area (Å²) in [5.41, 5.74) is 5.46. The second-order valence-electron chi connectivity index (χ2n) is 2.70. The zero-order valence-corrected chi connectivity index (χ0v) is 8.49. The van der Waals surface area contributed by atoms with Crippen LogP contribution in [0.15, 0.2) is 4.79 Å². The lowest BCUT2D eigenvalue weighted by Crippen LogP contribution is -2.17. The van der Waals surface area contributed by atoms with Crippen molar-refractivity contribution in [2.24, 2.45) is 5.73 Å². The summed E-state index contributed by atoms with van der Waals surface area (Å²) >= 11 is 11.4. The molecule has 1 aromatic rings. The minimum atomic E-state index is -0.486. The third-order valence-electron chi connectivity index (χ3n) is 1.72. The molecule has 0 spiro atoms. The van der Waals surface area contributed by atoms with Gasteiger partial charge in [0.2, 0.25) is 0 Å². The van der Waals surface area contributed by atoms with Crippen molar-refractivity contribution in [2.45, 2.75) is 12.8 Å². The van der Waals surface area contributed by atoms with Crippen molar-refractivity contribution >= 4 is 23.2 Å². The Hall–Kier alpha value is -0.580. The summed E-state index contributed by atoms with van der Waals surface area (Å²) in [7, 11) is 0. The molecule has 0 aliphatic rings. The smallest absolute Gasteiger partial charge is 0.284 e. The van der Waals surface area contributed by atoms with Gasteiger partial charge in [0.1, 0.15) is 5.02 Å². The number of aromatic amines is 1. The predicted molar refractivity (Wildman–Crippen MR) is 52.3 cm³/mol. The molecular formula is C7H9Cl2N3O. The molecule has 1 heterocycles. The topological polar surface area (TPSA) is 71.8 Å². The summed E-state index contributed by atoms with van der Waals surface area (Å²) in [6.07, 6.45) is 0. The summed E-state index contributed by atoms with van der Waals surface area (Å²) in [6, 6.07) is 0. The van der Waals surface area contributed by atoms with Gasteiger partial charge in [-0.1, -0.05) is 30.1 Å². The first-order valence-electron chi connectivity index (χ1n) is 3.71. The number of hydrogen-bond acceptors (Lipinski definition) is 3. The van der Waals surface area contributed by atoms with Gasteiger partial charge in [0.05, 0.1) is 10.7 Å². The highest BCUT2D eigenvalue weighted by molar-refractivity contribution is 6.42. The van der Waals surface area contributed by atoms with E-state index in [1.165, 1.54) is 0 Å². The van der Waals surface area contributed by atoms with E-state index in [1.54, 1.807) is 0 Å². The van der Waals surface area contributed by atoms with Gasteiger partial charge in [-0.15, -0.1) is 0 Å². The molecule has 0 radical (unpaired) electrons. The molecular weight excluding hydrogens is 213 g/mol. The molecule has 0 aromatic carbocycles. The lowest BCUT2D eigenvalue weighted by molar-refractivity contribution is 0.719. The Morgan fingerprint density at radius 2 is 2.15 bits per heavy atom. The monoisotopic (exact) mass is 221 g/mol. The Morgan fingerprint density at radius 3 is 2.69 bits per heavy atom. The van der Waals surface area contributed by atoms with Crippen LogP contribution >= 0.6 is 23.2 Å². The zero-order chi connectivity index (χ0) is 10.0.